The van der Waals surface area contributed by atoms with E-state index in [0.717, 1.165) is 70.7 Å². The predicted molar refractivity (Wildman–Crippen MR) is 219 cm³/mol. The van der Waals surface area contributed by atoms with Gasteiger partial charge in [0.25, 0.3) is 0 Å². The number of rotatable bonds is 18. The summed E-state index contributed by atoms with van der Waals surface area (Å²) in [5.74, 6) is -8.47. The van der Waals surface area contributed by atoms with E-state index >= 15 is 0 Å². The van der Waals surface area contributed by atoms with Crippen LogP contribution in [0.4, 0.5) is 4.79 Å². The lowest BCUT2D eigenvalue weighted by atomic mass is 9.96. The number of ether oxygens (including phenoxy) is 12. The van der Waals surface area contributed by atoms with Gasteiger partial charge in [0, 0.05) is 54.4 Å². The number of fused-ring (bicyclic) bond motifs is 3. The zero-order valence-electron chi connectivity index (χ0n) is 37.4. The minimum absolute atomic E-state index is 0.157. The molecule has 0 aromatic heterocycles. The number of esters is 7. The lowest BCUT2D eigenvalue weighted by molar-refractivity contribution is -0.361. The fourth-order valence-corrected chi connectivity index (χ4v) is 7.75. The molecule has 3 aliphatic rings. The highest BCUT2D eigenvalue weighted by Gasteiger charge is 2.58. The molecular formula is C44H51NO22. The Balaban J connectivity index is 1.43. The average molecular weight is 946 g/mol. The third kappa shape index (κ3) is 13.7. The summed E-state index contributed by atoms with van der Waals surface area (Å²) in [5, 5.41) is 12.4. The van der Waals surface area contributed by atoms with Gasteiger partial charge in [-0.1, -0.05) is 48.5 Å². The maximum Gasteiger partial charge on any atom is 0.407 e. The molecule has 0 bridgehead atoms. The molecule has 1 amide bonds. The molecule has 0 radical (unpaired) electrons. The van der Waals surface area contributed by atoms with Crippen LogP contribution in [-0.2, 0) is 95.2 Å². The van der Waals surface area contributed by atoms with Gasteiger partial charge < -0.3 is 67.3 Å². The van der Waals surface area contributed by atoms with Crippen LogP contribution in [0.25, 0.3) is 11.1 Å². The third-order valence-electron chi connectivity index (χ3n) is 10.2. The van der Waals surface area contributed by atoms with Crippen LogP contribution in [0.5, 0.6) is 0 Å². The first-order chi connectivity index (χ1) is 31.7. The molecule has 67 heavy (non-hydrogen) atoms. The van der Waals surface area contributed by atoms with E-state index in [1.165, 1.54) is 0 Å². The number of alkyl carbamates (subject to hydrolysis) is 1. The summed E-state index contributed by atoms with van der Waals surface area (Å²) in [4.78, 5) is 112. The number of hydrogen-bond acceptors (Lipinski definition) is 21. The van der Waals surface area contributed by atoms with Crippen LogP contribution in [0.1, 0.15) is 65.5 Å². The summed E-state index contributed by atoms with van der Waals surface area (Å²) < 4.78 is 67.7. The van der Waals surface area contributed by atoms with Crippen molar-refractivity contribution < 1.29 is 105 Å². The van der Waals surface area contributed by atoms with Crippen LogP contribution < -0.4 is 5.32 Å². The number of carbonyl (C=O) groups is 9. The van der Waals surface area contributed by atoms with Gasteiger partial charge in [-0.25, -0.2) is 9.59 Å². The van der Waals surface area contributed by atoms with Gasteiger partial charge in [0.2, 0.25) is 0 Å². The van der Waals surface area contributed by atoms with Gasteiger partial charge >= 0.3 is 53.8 Å². The number of hydrogen-bond donors (Lipinski definition) is 2. The SMILES string of the molecule is CC(=O)OC[C@H]1O[C@@H](O[C@H]2[C@H](OC(C)=O)[C@@H](OC(C)=O)[C@H](OC[C@H](NC(=O)OCC3c4ccccc4-c4ccccc43)C(=O)O)O[C@@H]2COC(C)=O)[C@H](OC(C)=O)[C@@H](OC(C)=O)[C@H]1OC(C)=O. The first-order valence-electron chi connectivity index (χ1n) is 20.8. The second-order valence-corrected chi connectivity index (χ2v) is 15.4. The van der Waals surface area contributed by atoms with Gasteiger partial charge in [-0.3, -0.25) is 33.6 Å². The van der Waals surface area contributed by atoms with Crippen LogP contribution in [-0.4, -0.2) is 153 Å². The minimum atomic E-state index is -1.93. The molecule has 1 aliphatic carbocycles. The summed E-state index contributed by atoms with van der Waals surface area (Å²) in [5.41, 5.74) is 3.73. The zero-order chi connectivity index (χ0) is 49.1. The van der Waals surface area contributed by atoms with E-state index in [1.54, 1.807) is 0 Å². The molecule has 2 heterocycles. The van der Waals surface area contributed by atoms with Gasteiger partial charge in [0.15, 0.2) is 49.1 Å². The van der Waals surface area contributed by atoms with Gasteiger partial charge in [-0.15, -0.1) is 0 Å². The highest BCUT2D eigenvalue weighted by Crippen LogP contribution is 2.44. The van der Waals surface area contributed by atoms with Crippen molar-refractivity contribution in [3.05, 3.63) is 59.7 Å². The molecule has 2 aliphatic heterocycles. The molecule has 2 fully saturated rings. The van der Waals surface area contributed by atoms with Crippen molar-refractivity contribution in [1.29, 1.82) is 0 Å². The van der Waals surface area contributed by atoms with Gasteiger partial charge in [0.1, 0.15) is 38.1 Å². The minimum Gasteiger partial charge on any atom is -0.480 e. The second-order valence-electron chi connectivity index (χ2n) is 15.4. The average Bonchev–Trinajstić information content (AvgIpc) is 3.56. The van der Waals surface area contributed by atoms with E-state index in [9.17, 15) is 48.3 Å². The lowest BCUT2D eigenvalue weighted by Crippen LogP contribution is -2.67. The number of carboxylic acid groups (broad SMARTS) is 1. The van der Waals surface area contributed by atoms with Crippen molar-refractivity contribution >= 4 is 53.8 Å². The van der Waals surface area contributed by atoms with Crippen LogP contribution in [0.3, 0.4) is 0 Å². The van der Waals surface area contributed by atoms with Crippen molar-refractivity contribution in [3.8, 4) is 11.1 Å². The molecule has 23 nitrogen and oxygen atoms in total. The van der Waals surface area contributed by atoms with Crippen molar-refractivity contribution in [1.82, 2.24) is 5.32 Å². The monoisotopic (exact) mass is 945 g/mol. The highest BCUT2D eigenvalue weighted by atomic mass is 16.8. The van der Waals surface area contributed by atoms with E-state index < -0.39 is 141 Å². The Labute approximate surface area is 382 Å². The molecule has 2 aromatic rings. The molecule has 364 valence electrons. The van der Waals surface area contributed by atoms with E-state index in [4.69, 9.17) is 56.8 Å². The number of benzene rings is 2. The Morgan fingerprint density at radius 1 is 0.522 bits per heavy atom. The largest absolute Gasteiger partial charge is 0.480 e. The van der Waals surface area contributed by atoms with Crippen molar-refractivity contribution in [2.75, 3.05) is 26.4 Å². The Kier molecular flexibility index (Phi) is 17.7. The normalized spacial score (nSPS) is 25.7. The van der Waals surface area contributed by atoms with Crippen molar-refractivity contribution in [3.63, 3.8) is 0 Å². The maximum absolute atomic E-state index is 13.2. The lowest BCUT2D eigenvalue weighted by Gasteiger charge is -2.48. The van der Waals surface area contributed by atoms with Crippen molar-refractivity contribution in [2.45, 2.75) is 122 Å². The number of amides is 1. The van der Waals surface area contributed by atoms with Gasteiger partial charge in [-0.05, 0) is 22.3 Å². The molecule has 23 heteroatoms. The molecule has 2 aromatic carbocycles. The van der Waals surface area contributed by atoms with E-state index in [1.807, 2.05) is 48.5 Å². The van der Waals surface area contributed by atoms with Crippen LogP contribution in [0.15, 0.2) is 48.5 Å². The molecule has 11 atom stereocenters. The molecule has 0 unspecified atom stereocenters. The number of carboxylic acids is 1. The maximum atomic E-state index is 13.2. The van der Waals surface area contributed by atoms with Crippen molar-refractivity contribution in [2.24, 2.45) is 0 Å². The summed E-state index contributed by atoms with van der Waals surface area (Å²) in [6, 6.07) is 13.3. The molecule has 2 N–H and O–H groups in total. The van der Waals surface area contributed by atoms with Crippen LogP contribution in [0.2, 0.25) is 0 Å². The molecule has 5 rings (SSSR count). The number of aliphatic carboxylic acids is 1. The Bertz CT molecular complexity index is 2130. The second kappa shape index (κ2) is 23.2. The van der Waals surface area contributed by atoms with Crippen LogP contribution >= 0.6 is 0 Å². The molecular weight excluding hydrogens is 894 g/mol. The summed E-state index contributed by atoms with van der Waals surface area (Å²) in [7, 11) is 0. The standard InChI is InChI=1S/C44H51NO22/c1-20(46)56-18-33-35(60-22(3)48)37(61-23(4)49)40(64-26(7)52)43(66-33)67-36-34(19-57-21(2)47)65-42(39(63-25(6)51)38(36)62-24(5)50)58-17-32(41(53)54)45-44(55)59-16-31-29-14-10-8-12-27(29)28-13-9-11-15-30(28)31/h8-15,31-40,42-43H,16-19H2,1-7H3,(H,45,55)(H,53,54)/t32-,33+,34+,35-,36+,37-,38-,39+,40+,42+,43-/m0/s1. The molecule has 0 saturated carbocycles. The Morgan fingerprint density at radius 2 is 0.940 bits per heavy atom. The summed E-state index contributed by atoms with van der Waals surface area (Å²) in [6.45, 7) is 4.63. The summed E-state index contributed by atoms with van der Waals surface area (Å²) in [6.07, 6.45) is -18.6. The number of nitrogens with one attached hydrogen (secondary N) is 1. The topological polar surface area (TPSA) is 297 Å². The number of carbonyl (C=O) groups excluding carboxylic acids is 8. The fraction of sp³-hybridized carbons (Fsp3) is 0.523. The quantitative estimate of drug-likeness (QED) is 0.158. The highest BCUT2D eigenvalue weighted by molar-refractivity contribution is 5.81. The van der Waals surface area contributed by atoms with Crippen LogP contribution in [0, 0.1) is 0 Å². The molecule has 2 saturated heterocycles. The fourth-order valence-electron chi connectivity index (χ4n) is 7.75. The molecule has 0 spiro atoms. The van der Waals surface area contributed by atoms with E-state index in [0.29, 0.717) is 0 Å². The first-order valence-corrected chi connectivity index (χ1v) is 20.8. The third-order valence-corrected chi connectivity index (χ3v) is 10.2. The Morgan fingerprint density at radius 3 is 1.42 bits per heavy atom. The Hall–Kier alpha value is -6.69. The van der Waals surface area contributed by atoms with Gasteiger partial charge in [-0.2, -0.15) is 0 Å². The predicted octanol–water partition coefficient (Wildman–Crippen LogP) is 1.61. The zero-order valence-corrected chi connectivity index (χ0v) is 37.4. The van der Waals surface area contributed by atoms with E-state index in [-0.39, 0.29) is 12.5 Å². The van der Waals surface area contributed by atoms with Gasteiger partial charge in [0.05, 0.1) is 6.61 Å². The summed E-state index contributed by atoms with van der Waals surface area (Å²) >= 11 is 0. The smallest absolute Gasteiger partial charge is 0.407 e. The first kappa shape index (κ1) is 51.3. The van der Waals surface area contributed by atoms with E-state index in [2.05, 4.69) is 5.32 Å².